The molecule has 0 bridgehead atoms. The minimum Gasteiger partial charge on any atom is -0.342 e. The lowest BCUT2D eigenvalue weighted by atomic mass is 10.0. The molecule has 10 heteroatoms. The van der Waals surface area contributed by atoms with Crippen LogP contribution in [-0.4, -0.2) is 32.3 Å². The van der Waals surface area contributed by atoms with Gasteiger partial charge in [-0.05, 0) is 60.9 Å². The number of hydrogen-bond donors (Lipinski definition) is 2. The molecule has 2 N–H and O–H groups in total. The quantitative estimate of drug-likeness (QED) is 0.395. The zero-order chi connectivity index (χ0) is 24.1. The van der Waals surface area contributed by atoms with Gasteiger partial charge in [0.05, 0.1) is 11.8 Å². The number of thioether (sulfide) groups is 1. The third kappa shape index (κ3) is 6.42. The van der Waals surface area contributed by atoms with E-state index in [1.54, 1.807) is 18.5 Å². The smallest absolute Gasteiger partial charge is 0.251 e. The highest BCUT2D eigenvalue weighted by Crippen LogP contribution is 2.28. The fraction of sp³-hybridized carbons (Fsp3) is 0.304. The number of anilines is 1. The van der Waals surface area contributed by atoms with Gasteiger partial charge in [0.1, 0.15) is 5.82 Å². The second-order valence-corrected chi connectivity index (χ2v) is 9.68. The SMILES string of the molecule is CC(C)c1cc(Br)ccc1NC(=O)CSc1nnc(C(C)NC(=O)c2ccc(F)cc2)n1C. The molecule has 33 heavy (non-hydrogen) atoms. The van der Waals surface area contributed by atoms with Crippen molar-refractivity contribution < 1.29 is 14.0 Å². The Kier molecular flexibility index (Phi) is 8.25. The molecule has 7 nitrogen and oxygen atoms in total. The summed E-state index contributed by atoms with van der Waals surface area (Å²) >= 11 is 4.73. The van der Waals surface area contributed by atoms with Crippen molar-refractivity contribution in [3.63, 3.8) is 0 Å². The first-order chi connectivity index (χ1) is 15.7. The molecule has 0 fully saturated rings. The normalized spacial score (nSPS) is 12.0. The van der Waals surface area contributed by atoms with Crippen molar-refractivity contribution >= 4 is 45.2 Å². The van der Waals surface area contributed by atoms with Gasteiger partial charge in [0.25, 0.3) is 5.91 Å². The molecule has 3 rings (SSSR count). The molecule has 1 aromatic heterocycles. The molecule has 2 amide bonds. The molecule has 3 aromatic rings. The Balaban J connectivity index is 1.60. The van der Waals surface area contributed by atoms with Crippen LogP contribution in [0, 0.1) is 5.82 Å². The second kappa shape index (κ2) is 10.9. The number of aromatic nitrogens is 3. The molecule has 0 spiro atoms. The highest BCUT2D eigenvalue weighted by molar-refractivity contribution is 9.10. The van der Waals surface area contributed by atoms with Crippen molar-refractivity contribution in [3.05, 3.63) is 69.7 Å². The van der Waals surface area contributed by atoms with Gasteiger partial charge in [-0.2, -0.15) is 0 Å². The number of rotatable bonds is 8. The average molecular weight is 534 g/mol. The first-order valence-electron chi connectivity index (χ1n) is 10.3. The summed E-state index contributed by atoms with van der Waals surface area (Å²) in [4.78, 5) is 24.9. The van der Waals surface area contributed by atoms with Crippen LogP contribution in [0.4, 0.5) is 10.1 Å². The standard InChI is InChI=1S/C23H25BrFN5O2S/c1-13(2)18-11-16(24)7-10-19(18)27-20(31)12-33-23-29-28-21(30(23)4)14(3)26-22(32)15-5-8-17(25)9-6-15/h5-11,13-14H,12H2,1-4H3,(H,26,32)(H,27,31). The summed E-state index contributed by atoms with van der Waals surface area (Å²) < 4.78 is 15.8. The lowest BCUT2D eigenvalue weighted by Gasteiger charge is -2.15. The molecule has 174 valence electrons. The van der Waals surface area contributed by atoms with Gasteiger partial charge in [-0.1, -0.05) is 41.5 Å². The number of benzene rings is 2. The van der Waals surface area contributed by atoms with Gasteiger partial charge in [0, 0.05) is 22.8 Å². The van der Waals surface area contributed by atoms with Crippen LogP contribution < -0.4 is 10.6 Å². The number of hydrogen-bond acceptors (Lipinski definition) is 5. The highest BCUT2D eigenvalue weighted by atomic mass is 79.9. The van der Waals surface area contributed by atoms with Gasteiger partial charge in [-0.15, -0.1) is 10.2 Å². The van der Waals surface area contributed by atoms with E-state index in [1.807, 2.05) is 18.2 Å². The van der Waals surface area contributed by atoms with Crippen LogP contribution in [0.1, 0.15) is 54.5 Å². The summed E-state index contributed by atoms with van der Waals surface area (Å²) in [5.41, 5.74) is 2.19. The molecule has 1 atom stereocenters. The van der Waals surface area contributed by atoms with Gasteiger partial charge >= 0.3 is 0 Å². The molecule has 0 aliphatic rings. The van der Waals surface area contributed by atoms with E-state index in [0.717, 1.165) is 15.7 Å². The molecular weight excluding hydrogens is 509 g/mol. The summed E-state index contributed by atoms with van der Waals surface area (Å²) in [6, 6.07) is 10.7. The lowest BCUT2D eigenvalue weighted by Crippen LogP contribution is -2.28. The molecule has 0 saturated heterocycles. The maximum Gasteiger partial charge on any atom is 0.251 e. The minimum atomic E-state index is -0.431. The first-order valence-corrected chi connectivity index (χ1v) is 12.1. The summed E-state index contributed by atoms with van der Waals surface area (Å²) in [6.07, 6.45) is 0. The van der Waals surface area contributed by atoms with Crippen molar-refractivity contribution in [2.24, 2.45) is 7.05 Å². The minimum absolute atomic E-state index is 0.147. The van der Waals surface area contributed by atoms with E-state index in [1.165, 1.54) is 36.0 Å². The van der Waals surface area contributed by atoms with E-state index in [2.05, 4.69) is 50.6 Å². The van der Waals surface area contributed by atoms with Crippen molar-refractivity contribution in [1.29, 1.82) is 0 Å². The number of nitrogens with zero attached hydrogens (tertiary/aromatic N) is 3. The molecular formula is C23H25BrFN5O2S. The fourth-order valence-electron chi connectivity index (χ4n) is 3.22. The van der Waals surface area contributed by atoms with Crippen LogP contribution in [0.2, 0.25) is 0 Å². The Morgan fingerprint density at radius 2 is 1.82 bits per heavy atom. The van der Waals surface area contributed by atoms with E-state index in [4.69, 9.17) is 0 Å². The fourth-order valence-corrected chi connectivity index (χ4v) is 4.31. The van der Waals surface area contributed by atoms with E-state index in [9.17, 15) is 14.0 Å². The summed E-state index contributed by atoms with van der Waals surface area (Å²) in [5, 5.41) is 14.7. The number of amides is 2. The van der Waals surface area contributed by atoms with Gasteiger partial charge in [-0.25, -0.2) is 4.39 Å². The van der Waals surface area contributed by atoms with E-state index in [-0.39, 0.29) is 23.5 Å². The number of carbonyl (C=O) groups excluding carboxylic acids is 2. The van der Waals surface area contributed by atoms with Gasteiger partial charge < -0.3 is 15.2 Å². The molecule has 0 saturated carbocycles. The topological polar surface area (TPSA) is 88.9 Å². The van der Waals surface area contributed by atoms with Gasteiger partial charge in [-0.3, -0.25) is 9.59 Å². The average Bonchev–Trinajstić information content (AvgIpc) is 3.14. The van der Waals surface area contributed by atoms with Crippen LogP contribution in [0.25, 0.3) is 0 Å². The molecule has 1 unspecified atom stereocenters. The van der Waals surface area contributed by atoms with Crippen LogP contribution in [0.15, 0.2) is 52.1 Å². The monoisotopic (exact) mass is 533 g/mol. The Labute approximate surface area is 204 Å². The van der Waals surface area contributed by atoms with Crippen LogP contribution in [-0.2, 0) is 11.8 Å². The van der Waals surface area contributed by atoms with E-state index in [0.29, 0.717) is 16.5 Å². The summed E-state index contributed by atoms with van der Waals surface area (Å²) in [6.45, 7) is 5.93. The van der Waals surface area contributed by atoms with Crippen LogP contribution in [0.3, 0.4) is 0 Å². The Morgan fingerprint density at radius 1 is 1.12 bits per heavy atom. The molecule has 2 aromatic carbocycles. The Hall–Kier alpha value is -2.72. The van der Waals surface area contributed by atoms with Crippen LogP contribution in [0.5, 0.6) is 0 Å². The van der Waals surface area contributed by atoms with E-state index >= 15 is 0 Å². The third-order valence-electron chi connectivity index (χ3n) is 4.95. The first kappa shape index (κ1) is 24.9. The van der Waals surface area contributed by atoms with Gasteiger partial charge in [0.15, 0.2) is 11.0 Å². The predicted molar refractivity (Wildman–Crippen MR) is 131 cm³/mol. The molecule has 0 aliphatic carbocycles. The number of halogens is 2. The van der Waals surface area contributed by atoms with Crippen molar-refractivity contribution in [1.82, 2.24) is 20.1 Å². The Bertz CT molecular complexity index is 1150. The third-order valence-corrected chi connectivity index (χ3v) is 6.47. The van der Waals surface area contributed by atoms with Crippen molar-refractivity contribution in [2.45, 2.75) is 37.9 Å². The lowest BCUT2D eigenvalue weighted by molar-refractivity contribution is -0.113. The van der Waals surface area contributed by atoms with Crippen molar-refractivity contribution in [2.75, 3.05) is 11.1 Å². The summed E-state index contributed by atoms with van der Waals surface area (Å²) in [7, 11) is 1.78. The summed E-state index contributed by atoms with van der Waals surface area (Å²) in [5.74, 6) is 0.0810. The highest BCUT2D eigenvalue weighted by Gasteiger charge is 2.19. The van der Waals surface area contributed by atoms with E-state index < -0.39 is 11.9 Å². The van der Waals surface area contributed by atoms with Gasteiger partial charge in [0.2, 0.25) is 5.91 Å². The largest absolute Gasteiger partial charge is 0.342 e. The number of carbonyl (C=O) groups is 2. The zero-order valence-corrected chi connectivity index (χ0v) is 21.1. The maximum absolute atomic E-state index is 13.1. The van der Waals surface area contributed by atoms with Crippen molar-refractivity contribution in [3.8, 4) is 0 Å². The maximum atomic E-state index is 13.1. The molecule has 0 aliphatic heterocycles. The molecule has 0 radical (unpaired) electrons. The predicted octanol–water partition coefficient (Wildman–Crippen LogP) is 5.06. The zero-order valence-electron chi connectivity index (χ0n) is 18.7. The Morgan fingerprint density at radius 3 is 2.48 bits per heavy atom. The van der Waals surface area contributed by atoms with Crippen LogP contribution >= 0.6 is 27.7 Å². The number of nitrogens with one attached hydrogen (secondary N) is 2. The second-order valence-electron chi connectivity index (χ2n) is 7.82. The molecule has 1 heterocycles.